The number of hydrogen-bond acceptors (Lipinski definition) is 2. The summed E-state index contributed by atoms with van der Waals surface area (Å²) in [5.41, 5.74) is 3.45. The summed E-state index contributed by atoms with van der Waals surface area (Å²) in [6, 6.07) is 18.4. The fourth-order valence-corrected chi connectivity index (χ4v) is 1.81. The molecular formula is C13H11NO. The number of hydrogen-bond donors (Lipinski definition) is 0. The lowest BCUT2D eigenvalue weighted by Gasteiger charge is -2.17. The van der Waals surface area contributed by atoms with Gasteiger partial charge < -0.3 is 0 Å². The van der Waals surface area contributed by atoms with Crippen LogP contribution < -0.4 is 5.06 Å². The Labute approximate surface area is 88.7 Å². The van der Waals surface area contributed by atoms with E-state index in [1.165, 1.54) is 5.56 Å². The van der Waals surface area contributed by atoms with Gasteiger partial charge in [0.25, 0.3) is 0 Å². The Morgan fingerprint density at radius 2 is 1.60 bits per heavy atom. The molecule has 0 bridgehead atoms. The molecular weight excluding hydrogens is 186 g/mol. The first kappa shape index (κ1) is 8.50. The summed E-state index contributed by atoms with van der Waals surface area (Å²) < 4.78 is 0. The van der Waals surface area contributed by atoms with Crippen LogP contribution >= 0.6 is 0 Å². The van der Waals surface area contributed by atoms with Gasteiger partial charge in [-0.05, 0) is 18.2 Å². The first-order valence-electron chi connectivity index (χ1n) is 5.01. The summed E-state index contributed by atoms with van der Waals surface area (Å²) in [5.74, 6) is 0. The van der Waals surface area contributed by atoms with E-state index >= 15 is 0 Å². The SMILES string of the molecule is c1ccc(N2OCc3ccccc32)cc1. The van der Waals surface area contributed by atoms with Gasteiger partial charge in [0.1, 0.15) is 6.61 Å². The first-order valence-corrected chi connectivity index (χ1v) is 5.01. The number of anilines is 2. The Kier molecular flexibility index (Phi) is 1.93. The molecule has 0 saturated heterocycles. The monoisotopic (exact) mass is 197 g/mol. The van der Waals surface area contributed by atoms with Crippen LogP contribution in [0, 0.1) is 0 Å². The lowest BCUT2D eigenvalue weighted by Crippen LogP contribution is -2.10. The Morgan fingerprint density at radius 1 is 0.867 bits per heavy atom. The Morgan fingerprint density at radius 3 is 2.47 bits per heavy atom. The smallest absolute Gasteiger partial charge is 0.102 e. The van der Waals surface area contributed by atoms with Crippen molar-refractivity contribution in [3.05, 3.63) is 60.2 Å². The standard InChI is InChI=1S/C13H11NO/c1-2-7-12(8-3-1)14-13-9-5-4-6-11(13)10-15-14/h1-9H,10H2. The van der Waals surface area contributed by atoms with Crippen LogP contribution in [-0.2, 0) is 11.4 Å². The van der Waals surface area contributed by atoms with Crippen molar-refractivity contribution in [3.63, 3.8) is 0 Å². The molecule has 3 rings (SSSR count). The third-order valence-corrected chi connectivity index (χ3v) is 2.55. The Hall–Kier alpha value is -1.80. The second-order valence-corrected chi connectivity index (χ2v) is 3.53. The van der Waals surface area contributed by atoms with Crippen molar-refractivity contribution in [2.24, 2.45) is 0 Å². The van der Waals surface area contributed by atoms with Gasteiger partial charge in [-0.2, -0.15) is 0 Å². The predicted octanol–water partition coefficient (Wildman–Crippen LogP) is 3.27. The van der Waals surface area contributed by atoms with Crippen molar-refractivity contribution in [3.8, 4) is 0 Å². The molecule has 2 aromatic rings. The summed E-state index contributed by atoms with van der Waals surface area (Å²) in [6.07, 6.45) is 0. The first-order chi connectivity index (χ1) is 7.45. The van der Waals surface area contributed by atoms with Gasteiger partial charge in [0, 0.05) is 5.56 Å². The van der Waals surface area contributed by atoms with Gasteiger partial charge >= 0.3 is 0 Å². The highest BCUT2D eigenvalue weighted by Gasteiger charge is 2.20. The zero-order valence-electron chi connectivity index (χ0n) is 8.26. The maximum absolute atomic E-state index is 5.64. The summed E-state index contributed by atoms with van der Waals surface area (Å²) in [4.78, 5) is 5.64. The molecule has 2 aromatic carbocycles. The van der Waals surface area contributed by atoms with E-state index in [0.717, 1.165) is 11.4 Å². The van der Waals surface area contributed by atoms with Crippen LogP contribution in [0.1, 0.15) is 5.56 Å². The van der Waals surface area contributed by atoms with Gasteiger partial charge in [0.15, 0.2) is 0 Å². The maximum atomic E-state index is 5.64. The minimum absolute atomic E-state index is 0.658. The molecule has 0 radical (unpaired) electrons. The van der Waals surface area contributed by atoms with E-state index in [0.29, 0.717) is 6.61 Å². The van der Waals surface area contributed by atoms with Crippen molar-refractivity contribution in [2.75, 3.05) is 5.06 Å². The molecule has 1 aliphatic rings. The van der Waals surface area contributed by atoms with Crippen LogP contribution in [0.5, 0.6) is 0 Å². The van der Waals surface area contributed by atoms with Crippen molar-refractivity contribution in [2.45, 2.75) is 6.61 Å². The predicted molar refractivity (Wildman–Crippen MR) is 59.8 cm³/mol. The highest BCUT2D eigenvalue weighted by Crippen LogP contribution is 2.34. The second kappa shape index (κ2) is 3.41. The molecule has 0 aliphatic carbocycles. The minimum atomic E-state index is 0.658. The second-order valence-electron chi connectivity index (χ2n) is 3.53. The molecule has 0 fully saturated rings. The highest BCUT2D eigenvalue weighted by molar-refractivity contribution is 5.65. The molecule has 0 aromatic heterocycles. The minimum Gasteiger partial charge on any atom is -0.264 e. The van der Waals surface area contributed by atoms with Crippen LogP contribution in [0.4, 0.5) is 11.4 Å². The third kappa shape index (κ3) is 1.39. The average molecular weight is 197 g/mol. The van der Waals surface area contributed by atoms with Crippen LogP contribution in [0.3, 0.4) is 0 Å². The third-order valence-electron chi connectivity index (χ3n) is 2.55. The van der Waals surface area contributed by atoms with Gasteiger partial charge in [-0.1, -0.05) is 36.4 Å². The number of para-hydroxylation sites is 2. The van der Waals surface area contributed by atoms with Gasteiger partial charge in [0.2, 0.25) is 0 Å². The molecule has 2 heteroatoms. The van der Waals surface area contributed by atoms with Crippen LogP contribution in [0.2, 0.25) is 0 Å². The molecule has 0 atom stereocenters. The molecule has 1 aliphatic heterocycles. The lowest BCUT2D eigenvalue weighted by atomic mass is 10.2. The van der Waals surface area contributed by atoms with Crippen molar-refractivity contribution < 1.29 is 4.84 Å². The van der Waals surface area contributed by atoms with E-state index in [9.17, 15) is 0 Å². The fraction of sp³-hybridized carbons (Fsp3) is 0.0769. The van der Waals surface area contributed by atoms with Gasteiger partial charge in [-0.15, -0.1) is 0 Å². The van der Waals surface area contributed by atoms with E-state index in [2.05, 4.69) is 12.1 Å². The molecule has 0 N–H and O–H groups in total. The normalized spacial score (nSPS) is 14.0. The Balaban J connectivity index is 2.05. The summed E-state index contributed by atoms with van der Waals surface area (Å²) >= 11 is 0. The maximum Gasteiger partial charge on any atom is 0.102 e. The molecule has 0 amide bonds. The van der Waals surface area contributed by atoms with Crippen molar-refractivity contribution in [1.82, 2.24) is 0 Å². The lowest BCUT2D eigenvalue weighted by molar-refractivity contribution is 0.145. The largest absolute Gasteiger partial charge is 0.264 e. The van der Waals surface area contributed by atoms with E-state index in [1.807, 2.05) is 47.5 Å². The zero-order chi connectivity index (χ0) is 10.1. The number of fused-ring (bicyclic) bond motifs is 1. The van der Waals surface area contributed by atoms with Crippen LogP contribution in [0.15, 0.2) is 54.6 Å². The molecule has 0 unspecified atom stereocenters. The summed E-state index contributed by atoms with van der Waals surface area (Å²) in [7, 11) is 0. The van der Waals surface area contributed by atoms with Gasteiger partial charge in [0.05, 0.1) is 11.4 Å². The molecule has 0 saturated carbocycles. The average Bonchev–Trinajstić information content (AvgIpc) is 2.74. The summed E-state index contributed by atoms with van der Waals surface area (Å²) in [5, 5.41) is 1.88. The van der Waals surface area contributed by atoms with E-state index in [4.69, 9.17) is 4.84 Å². The number of nitrogens with zero attached hydrogens (tertiary/aromatic N) is 1. The quantitative estimate of drug-likeness (QED) is 0.695. The fourth-order valence-electron chi connectivity index (χ4n) is 1.81. The summed E-state index contributed by atoms with van der Waals surface area (Å²) in [6.45, 7) is 0.658. The molecule has 0 spiro atoms. The highest BCUT2D eigenvalue weighted by atomic mass is 16.7. The molecule has 2 nitrogen and oxygen atoms in total. The van der Waals surface area contributed by atoms with E-state index in [-0.39, 0.29) is 0 Å². The molecule has 74 valence electrons. The Bertz CT molecular complexity index is 467. The van der Waals surface area contributed by atoms with Gasteiger partial charge in [-0.25, -0.2) is 5.06 Å². The number of rotatable bonds is 1. The topological polar surface area (TPSA) is 12.5 Å². The zero-order valence-corrected chi connectivity index (χ0v) is 8.26. The molecule has 15 heavy (non-hydrogen) atoms. The van der Waals surface area contributed by atoms with Crippen LogP contribution in [0.25, 0.3) is 0 Å². The van der Waals surface area contributed by atoms with Gasteiger partial charge in [-0.3, -0.25) is 4.84 Å². The van der Waals surface area contributed by atoms with E-state index in [1.54, 1.807) is 0 Å². The van der Waals surface area contributed by atoms with Crippen LogP contribution in [-0.4, -0.2) is 0 Å². The van der Waals surface area contributed by atoms with Crippen molar-refractivity contribution >= 4 is 11.4 Å². The number of benzene rings is 2. The molecule has 1 heterocycles. The van der Waals surface area contributed by atoms with E-state index < -0.39 is 0 Å². The van der Waals surface area contributed by atoms with Crippen molar-refractivity contribution in [1.29, 1.82) is 0 Å².